The van der Waals surface area contributed by atoms with Gasteiger partial charge >= 0.3 is 0 Å². The Morgan fingerprint density at radius 1 is 1.33 bits per heavy atom. The van der Waals surface area contributed by atoms with Crippen LogP contribution < -0.4 is 4.90 Å². The van der Waals surface area contributed by atoms with Crippen molar-refractivity contribution in [3.63, 3.8) is 0 Å². The van der Waals surface area contributed by atoms with E-state index in [1.165, 1.54) is 12.8 Å². The Balaban J connectivity index is 2.03. The number of nitrogens with zero attached hydrogens (tertiary/aromatic N) is 2. The van der Waals surface area contributed by atoms with Gasteiger partial charge in [0.1, 0.15) is 0 Å². The van der Waals surface area contributed by atoms with E-state index in [0.29, 0.717) is 6.04 Å². The Hall–Kier alpha value is -1.51. The fraction of sp³-hybridized carbons (Fsp3) is 0.533. The third kappa shape index (κ3) is 1.78. The molecule has 1 unspecified atom stereocenters. The van der Waals surface area contributed by atoms with Crippen molar-refractivity contribution in [1.82, 2.24) is 4.90 Å². The van der Waals surface area contributed by atoms with Crippen molar-refractivity contribution in [2.75, 3.05) is 24.5 Å². The van der Waals surface area contributed by atoms with Gasteiger partial charge in [-0.25, -0.2) is 0 Å². The summed E-state index contributed by atoms with van der Waals surface area (Å²) in [6.45, 7) is 4.99. The lowest BCUT2D eigenvalue weighted by Crippen LogP contribution is -2.39. The molecule has 1 aromatic carbocycles. The molecule has 1 atom stereocenters. The fourth-order valence-corrected chi connectivity index (χ4v) is 3.22. The molecule has 2 heterocycles. The quantitative estimate of drug-likeness (QED) is 0.798. The maximum atomic E-state index is 12.6. The maximum absolute atomic E-state index is 12.6. The molecule has 96 valence electrons. The first-order chi connectivity index (χ1) is 8.81. The molecule has 0 N–H and O–H groups in total. The van der Waals surface area contributed by atoms with Crippen LogP contribution in [0.3, 0.4) is 0 Å². The molecule has 1 aromatic rings. The van der Waals surface area contributed by atoms with Crippen molar-refractivity contribution in [1.29, 1.82) is 0 Å². The highest BCUT2D eigenvalue weighted by Crippen LogP contribution is 2.32. The van der Waals surface area contributed by atoms with Crippen LogP contribution in [0.15, 0.2) is 24.3 Å². The van der Waals surface area contributed by atoms with E-state index in [4.69, 9.17) is 0 Å². The van der Waals surface area contributed by atoms with Crippen LogP contribution in [0.2, 0.25) is 0 Å². The van der Waals surface area contributed by atoms with Gasteiger partial charge in [0.25, 0.3) is 5.91 Å². The first kappa shape index (κ1) is 11.6. The Bertz CT molecular complexity index is 458. The van der Waals surface area contributed by atoms with Crippen molar-refractivity contribution in [3.8, 4) is 0 Å². The molecule has 18 heavy (non-hydrogen) atoms. The van der Waals surface area contributed by atoms with E-state index in [0.717, 1.165) is 37.3 Å². The lowest BCUT2D eigenvalue weighted by atomic mass is 10.1. The Kier molecular flexibility index (Phi) is 2.98. The summed E-state index contributed by atoms with van der Waals surface area (Å²) in [4.78, 5) is 17.0. The summed E-state index contributed by atoms with van der Waals surface area (Å²) in [7, 11) is 0. The van der Waals surface area contributed by atoms with E-state index >= 15 is 0 Å². The van der Waals surface area contributed by atoms with Crippen molar-refractivity contribution in [3.05, 3.63) is 29.8 Å². The van der Waals surface area contributed by atoms with Crippen LogP contribution in [0, 0.1) is 0 Å². The van der Waals surface area contributed by atoms with Gasteiger partial charge in [-0.15, -0.1) is 0 Å². The molecule has 0 aliphatic carbocycles. The first-order valence-electron chi connectivity index (χ1n) is 6.96. The zero-order valence-electron chi connectivity index (χ0n) is 10.9. The second-order valence-corrected chi connectivity index (χ2v) is 5.26. The fourth-order valence-electron chi connectivity index (χ4n) is 3.22. The molecule has 3 heteroatoms. The predicted octanol–water partition coefficient (Wildman–Crippen LogP) is 2.52. The summed E-state index contributed by atoms with van der Waals surface area (Å²) >= 11 is 0. The van der Waals surface area contributed by atoms with Crippen LogP contribution in [0.4, 0.5) is 5.69 Å². The third-order valence-corrected chi connectivity index (χ3v) is 4.03. The summed E-state index contributed by atoms with van der Waals surface area (Å²) in [6.07, 6.45) is 3.48. The van der Waals surface area contributed by atoms with E-state index in [-0.39, 0.29) is 5.91 Å². The number of carbonyl (C=O) groups is 1. The molecule has 2 aliphatic heterocycles. The monoisotopic (exact) mass is 244 g/mol. The number of benzene rings is 1. The van der Waals surface area contributed by atoms with Crippen molar-refractivity contribution in [2.24, 2.45) is 0 Å². The van der Waals surface area contributed by atoms with Gasteiger partial charge < -0.3 is 9.80 Å². The third-order valence-electron chi connectivity index (χ3n) is 4.03. The molecule has 0 spiro atoms. The Labute approximate surface area is 108 Å². The summed E-state index contributed by atoms with van der Waals surface area (Å²) in [5.74, 6) is 0.210. The number of carbonyl (C=O) groups excluding carboxylic acids is 1. The number of hydrogen-bond acceptors (Lipinski definition) is 2. The van der Waals surface area contributed by atoms with Gasteiger partial charge in [0.15, 0.2) is 0 Å². The molecule has 1 amide bonds. The van der Waals surface area contributed by atoms with Crippen LogP contribution >= 0.6 is 0 Å². The zero-order chi connectivity index (χ0) is 12.5. The van der Waals surface area contributed by atoms with Crippen LogP contribution in [0.1, 0.15) is 36.5 Å². The summed E-state index contributed by atoms with van der Waals surface area (Å²) in [5.41, 5.74) is 2.03. The van der Waals surface area contributed by atoms with Gasteiger partial charge in [-0.3, -0.25) is 4.79 Å². The normalized spacial score (nSPS) is 22.7. The number of rotatable bonds is 2. The number of amides is 1. The SMILES string of the molecule is CCCN1CC2CCCN2c2ccccc2C1=O. The van der Waals surface area contributed by atoms with E-state index in [1.807, 2.05) is 23.1 Å². The summed E-state index contributed by atoms with van der Waals surface area (Å²) < 4.78 is 0. The maximum Gasteiger partial charge on any atom is 0.256 e. The molecule has 3 rings (SSSR count). The van der Waals surface area contributed by atoms with Gasteiger partial charge in [-0.2, -0.15) is 0 Å². The van der Waals surface area contributed by atoms with Crippen LogP contribution in [-0.2, 0) is 0 Å². The zero-order valence-corrected chi connectivity index (χ0v) is 10.9. The van der Waals surface area contributed by atoms with Crippen molar-refractivity contribution < 1.29 is 4.79 Å². The highest BCUT2D eigenvalue weighted by Gasteiger charge is 2.34. The van der Waals surface area contributed by atoms with E-state index in [1.54, 1.807) is 0 Å². The minimum absolute atomic E-state index is 0.210. The smallest absolute Gasteiger partial charge is 0.256 e. The average Bonchev–Trinajstić information content (AvgIpc) is 2.82. The highest BCUT2D eigenvalue weighted by molar-refractivity contribution is 6.00. The Morgan fingerprint density at radius 2 is 2.17 bits per heavy atom. The van der Waals surface area contributed by atoms with Crippen molar-refractivity contribution in [2.45, 2.75) is 32.2 Å². The van der Waals surface area contributed by atoms with E-state index < -0.39 is 0 Å². The van der Waals surface area contributed by atoms with Gasteiger partial charge in [0.2, 0.25) is 0 Å². The van der Waals surface area contributed by atoms with Crippen LogP contribution in [-0.4, -0.2) is 36.5 Å². The highest BCUT2D eigenvalue weighted by atomic mass is 16.2. The Morgan fingerprint density at radius 3 is 3.00 bits per heavy atom. The summed E-state index contributed by atoms with van der Waals surface area (Å²) in [5, 5.41) is 0. The molecule has 0 radical (unpaired) electrons. The molecule has 0 aromatic heterocycles. The number of hydrogen-bond donors (Lipinski definition) is 0. The molecular formula is C15H20N2O. The molecule has 2 aliphatic rings. The van der Waals surface area contributed by atoms with Gasteiger partial charge in [-0.1, -0.05) is 19.1 Å². The standard InChI is InChI=1S/C15H20N2O/c1-2-9-16-11-12-6-5-10-17(12)14-8-4-3-7-13(14)15(16)18/h3-4,7-8,12H,2,5-6,9-11H2,1H3. The van der Waals surface area contributed by atoms with Gasteiger partial charge in [0, 0.05) is 31.4 Å². The molecule has 3 nitrogen and oxygen atoms in total. The average molecular weight is 244 g/mol. The number of anilines is 1. The molecule has 0 saturated carbocycles. The van der Waals surface area contributed by atoms with Crippen LogP contribution in [0.5, 0.6) is 0 Å². The van der Waals surface area contributed by atoms with Crippen LogP contribution in [0.25, 0.3) is 0 Å². The van der Waals surface area contributed by atoms with Gasteiger partial charge in [-0.05, 0) is 31.4 Å². The topological polar surface area (TPSA) is 23.6 Å². The second kappa shape index (κ2) is 4.63. The largest absolute Gasteiger partial charge is 0.366 e. The van der Waals surface area contributed by atoms with E-state index in [2.05, 4.69) is 17.9 Å². The molecule has 1 fully saturated rings. The lowest BCUT2D eigenvalue weighted by molar-refractivity contribution is 0.0754. The summed E-state index contributed by atoms with van der Waals surface area (Å²) in [6, 6.07) is 8.60. The lowest BCUT2D eigenvalue weighted by Gasteiger charge is -2.27. The van der Waals surface area contributed by atoms with E-state index in [9.17, 15) is 4.79 Å². The number of fused-ring (bicyclic) bond motifs is 3. The minimum atomic E-state index is 0.210. The van der Waals surface area contributed by atoms with Gasteiger partial charge in [0.05, 0.1) is 5.56 Å². The predicted molar refractivity (Wildman–Crippen MR) is 73.0 cm³/mol. The number of para-hydroxylation sites is 1. The first-order valence-corrected chi connectivity index (χ1v) is 6.96. The molecule has 0 bridgehead atoms. The molecule has 1 saturated heterocycles. The second-order valence-electron chi connectivity index (χ2n) is 5.26. The minimum Gasteiger partial charge on any atom is -0.366 e. The molecular weight excluding hydrogens is 224 g/mol. The van der Waals surface area contributed by atoms with Crippen molar-refractivity contribution >= 4 is 11.6 Å².